The minimum atomic E-state index is -0.938. The van der Waals surface area contributed by atoms with Gasteiger partial charge in [0.1, 0.15) is 35.6 Å². The molecule has 296 valence electrons. The highest BCUT2D eigenvalue weighted by Crippen LogP contribution is 2.42. The van der Waals surface area contributed by atoms with Crippen molar-refractivity contribution in [3.8, 4) is 23.0 Å². The van der Waals surface area contributed by atoms with Gasteiger partial charge < -0.3 is 34.1 Å². The molecule has 6 bridgehead atoms. The van der Waals surface area contributed by atoms with Crippen LogP contribution in [0.2, 0.25) is 0 Å². The lowest BCUT2D eigenvalue weighted by atomic mass is 9.91. The average molecular weight is 772 g/mol. The summed E-state index contributed by atoms with van der Waals surface area (Å²) >= 11 is 0. The van der Waals surface area contributed by atoms with Crippen molar-refractivity contribution in [2.45, 2.75) is 81.6 Å². The number of hydrogen-bond donors (Lipinski definition) is 1. The lowest BCUT2D eigenvalue weighted by Crippen LogP contribution is -2.57. The Morgan fingerprint density at radius 1 is 1.11 bits per heavy atom. The average Bonchev–Trinajstić information content (AvgIpc) is 3.90. The zero-order valence-corrected chi connectivity index (χ0v) is 31.8. The van der Waals surface area contributed by atoms with Crippen LogP contribution in [-0.2, 0) is 15.9 Å². The summed E-state index contributed by atoms with van der Waals surface area (Å²) in [6.45, 7) is 5.37. The Kier molecular flexibility index (Phi) is 9.55. The fourth-order valence-electron chi connectivity index (χ4n) is 9.58. The Morgan fingerprint density at radius 2 is 1.98 bits per heavy atom. The number of ether oxygens (including phenoxy) is 4. The van der Waals surface area contributed by atoms with Gasteiger partial charge in [-0.1, -0.05) is 18.2 Å². The Labute approximate surface area is 323 Å². The van der Waals surface area contributed by atoms with Gasteiger partial charge in [0.05, 0.1) is 35.7 Å². The summed E-state index contributed by atoms with van der Waals surface area (Å²) in [6.07, 6.45) is 4.84. The van der Waals surface area contributed by atoms with Gasteiger partial charge in [-0.15, -0.1) is 0 Å². The summed E-state index contributed by atoms with van der Waals surface area (Å²) in [7, 11) is 1.62. The van der Waals surface area contributed by atoms with Crippen molar-refractivity contribution < 1.29 is 37.3 Å². The molecule has 10 rings (SSSR count). The molecule has 13 nitrogen and oxygen atoms in total. The molecular formula is C41H47F2N7O6. The molecule has 6 aliphatic heterocycles. The Balaban J connectivity index is 1.18. The fourth-order valence-corrected chi connectivity index (χ4v) is 9.58. The molecule has 0 saturated carbocycles. The number of aromatic nitrogens is 3. The van der Waals surface area contributed by atoms with Crippen molar-refractivity contribution in [1.29, 1.82) is 0 Å². The lowest BCUT2D eigenvalue weighted by Gasteiger charge is -2.41. The number of methoxy groups -OCH3 is 1. The molecule has 6 aliphatic rings. The number of aryl methyl sites for hydroxylation is 1. The minimum Gasteiger partial charge on any atom is -0.461 e. The van der Waals surface area contributed by atoms with Crippen molar-refractivity contribution in [3.05, 3.63) is 47.9 Å². The third-order valence-electron chi connectivity index (χ3n) is 12.3. The first kappa shape index (κ1) is 36.7. The van der Waals surface area contributed by atoms with E-state index in [1.807, 2.05) is 30.0 Å². The Hall–Kier alpha value is -4.89. The molecule has 4 saturated heterocycles. The van der Waals surface area contributed by atoms with E-state index in [1.165, 1.54) is 0 Å². The predicted octanol–water partition coefficient (Wildman–Crippen LogP) is 6.19. The summed E-state index contributed by atoms with van der Waals surface area (Å²) in [4.78, 5) is 46.6. The number of alkyl halides is 1. The van der Waals surface area contributed by atoms with E-state index in [9.17, 15) is 14.0 Å². The molecule has 8 heterocycles. The first-order valence-corrected chi connectivity index (χ1v) is 19.7. The van der Waals surface area contributed by atoms with Crippen molar-refractivity contribution in [1.82, 2.24) is 30.1 Å². The van der Waals surface area contributed by atoms with Gasteiger partial charge in [0.2, 0.25) is 0 Å². The number of fused-ring (bicyclic) bond motifs is 7. The highest BCUT2D eigenvalue weighted by molar-refractivity contribution is 6.02. The third-order valence-corrected chi connectivity index (χ3v) is 12.3. The number of carbonyl (C=O) groups is 2. The summed E-state index contributed by atoms with van der Waals surface area (Å²) in [5.74, 6) is -0.00734. The quantitative estimate of drug-likeness (QED) is 0.249. The van der Waals surface area contributed by atoms with Gasteiger partial charge in [-0.05, 0) is 86.9 Å². The number of pyridine rings is 1. The number of nitrogens with one attached hydrogen (secondary N) is 1. The van der Waals surface area contributed by atoms with E-state index in [0.717, 1.165) is 42.1 Å². The lowest BCUT2D eigenvalue weighted by molar-refractivity contribution is 0.105. The molecule has 4 atom stereocenters. The van der Waals surface area contributed by atoms with E-state index >= 15 is 4.39 Å². The molecule has 4 aromatic rings. The normalized spacial score (nSPS) is 26.8. The topological polar surface area (TPSA) is 131 Å². The minimum absolute atomic E-state index is 0.0159. The smallest absolute Gasteiger partial charge is 0.415 e. The van der Waals surface area contributed by atoms with E-state index in [4.69, 9.17) is 33.9 Å². The number of amides is 2. The third kappa shape index (κ3) is 6.82. The number of likely N-dealkylation sites (tertiary alicyclic amines) is 1. The zero-order chi connectivity index (χ0) is 38.6. The van der Waals surface area contributed by atoms with Crippen LogP contribution in [0.3, 0.4) is 0 Å². The second-order valence-corrected chi connectivity index (χ2v) is 16.3. The standard InChI is InChI=1S/C41H47F2N7O6/c1-40-11-5-13-49(23-40)36-31-20-44-34(33(43)35(31)45-37(46-36)55-24-41-12-6-14-50(41)21-27(42)19-41)30-18-29(56-39(52)48-15-10-28(22-48)53-2)17-26-8-3-7-25(32(26)30)9-4-16-54-38(51)47-40/h3,7-8,17-18,20,27-28H,4-6,9-16,19,21-24H2,1-2H3,(H,47,51)/t27-,28?,40-,41+/m1/s1. The number of rotatable bonds is 5. The molecular weight excluding hydrogens is 724 g/mol. The van der Waals surface area contributed by atoms with Gasteiger partial charge in [-0.25, -0.2) is 18.4 Å². The van der Waals surface area contributed by atoms with Crippen LogP contribution in [0.25, 0.3) is 32.9 Å². The maximum Gasteiger partial charge on any atom is 0.415 e. The van der Waals surface area contributed by atoms with Crippen LogP contribution in [0.15, 0.2) is 36.5 Å². The van der Waals surface area contributed by atoms with E-state index in [2.05, 4.69) is 10.2 Å². The van der Waals surface area contributed by atoms with Crippen molar-refractivity contribution in [3.63, 3.8) is 0 Å². The van der Waals surface area contributed by atoms with E-state index < -0.39 is 35.3 Å². The van der Waals surface area contributed by atoms with Crippen LogP contribution in [0.4, 0.5) is 24.2 Å². The number of halogens is 2. The molecule has 2 amide bonds. The van der Waals surface area contributed by atoms with Gasteiger partial charge in [-0.2, -0.15) is 9.97 Å². The molecule has 15 heteroatoms. The first-order valence-electron chi connectivity index (χ1n) is 19.7. The molecule has 2 aromatic carbocycles. The molecule has 0 radical (unpaired) electrons. The maximum absolute atomic E-state index is 17.5. The SMILES string of the molecule is COC1CCN(C(=O)Oc2cc3c4c(cccc4c2)CCCOC(=O)N[C@]2(C)CCCN(C2)c2nc(OC[C@@]45CCCN4C[C@H](F)C5)nc4c(F)c-3ncc24)C1. The number of piperidine rings is 1. The van der Waals surface area contributed by atoms with Crippen LogP contribution in [-0.4, -0.2) is 120 Å². The molecule has 0 spiro atoms. The second kappa shape index (κ2) is 14.6. The Bertz CT molecular complexity index is 2190. The van der Waals surface area contributed by atoms with E-state index in [0.29, 0.717) is 81.6 Å². The number of anilines is 1. The Morgan fingerprint density at radius 3 is 2.84 bits per heavy atom. The fraction of sp³-hybridized carbons (Fsp3) is 0.537. The van der Waals surface area contributed by atoms with Crippen LogP contribution >= 0.6 is 0 Å². The van der Waals surface area contributed by atoms with Gasteiger partial charge in [-0.3, -0.25) is 9.88 Å². The predicted molar refractivity (Wildman–Crippen MR) is 204 cm³/mol. The number of hydrogen-bond acceptors (Lipinski definition) is 11. The van der Waals surface area contributed by atoms with Crippen molar-refractivity contribution >= 4 is 39.7 Å². The van der Waals surface area contributed by atoms with Crippen molar-refractivity contribution in [2.24, 2.45) is 0 Å². The number of carbonyl (C=O) groups excluding carboxylic acids is 2. The number of alkyl carbamates (subject to hydrolysis) is 1. The van der Waals surface area contributed by atoms with E-state index in [-0.39, 0.29) is 42.3 Å². The molecule has 56 heavy (non-hydrogen) atoms. The highest BCUT2D eigenvalue weighted by atomic mass is 19.1. The van der Waals surface area contributed by atoms with Crippen LogP contribution < -0.4 is 19.7 Å². The zero-order valence-electron chi connectivity index (χ0n) is 31.8. The number of benzene rings is 2. The molecule has 0 aliphatic carbocycles. The summed E-state index contributed by atoms with van der Waals surface area (Å²) in [6, 6.07) is 9.15. The summed E-state index contributed by atoms with van der Waals surface area (Å²) < 4.78 is 55.6. The van der Waals surface area contributed by atoms with E-state index in [1.54, 1.807) is 30.3 Å². The first-order chi connectivity index (χ1) is 27.1. The van der Waals surface area contributed by atoms with Crippen LogP contribution in [0.1, 0.15) is 57.4 Å². The van der Waals surface area contributed by atoms with Gasteiger partial charge in [0.15, 0.2) is 5.82 Å². The second-order valence-electron chi connectivity index (χ2n) is 16.3. The van der Waals surface area contributed by atoms with Gasteiger partial charge in [0, 0.05) is 51.5 Å². The maximum atomic E-state index is 17.5. The van der Waals surface area contributed by atoms with Crippen LogP contribution in [0, 0.1) is 5.82 Å². The van der Waals surface area contributed by atoms with Gasteiger partial charge in [0.25, 0.3) is 0 Å². The van der Waals surface area contributed by atoms with Gasteiger partial charge >= 0.3 is 18.2 Å². The highest BCUT2D eigenvalue weighted by Gasteiger charge is 2.49. The monoisotopic (exact) mass is 771 g/mol. The number of nitrogens with zero attached hydrogens (tertiary/aromatic N) is 6. The van der Waals surface area contributed by atoms with Crippen LogP contribution in [0.5, 0.6) is 11.8 Å². The summed E-state index contributed by atoms with van der Waals surface area (Å²) in [5, 5.41) is 4.92. The molecule has 4 fully saturated rings. The summed E-state index contributed by atoms with van der Waals surface area (Å²) in [5.41, 5.74) is 0.232. The largest absolute Gasteiger partial charge is 0.461 e. The van der Waals surface area contributed by atoms with Crippen molar-refractivity contribution in [2.75, 3.05) is 64.5 Å². The molecule has 1 unspecified atom stereocenters. The molecule has 1 N–H and O–H groups in total. The molecule has 2 aromatic heterocycles.